The van der Waals surface area contributed by atoms with Crippen LogP contribution in [0.4, 0.5) is 0 Å². The van der Waals surface area contributed by atoms with Gasteiger partial charge < -0.3 is 9.42 Å². The summed E-state index contributed by atoms with van der Waals surface area (Å²) in [7, 11) is 0. The minimum absolute atomic E-state index is 0.0557. The molecule has 8 nitrogen and oxygen atoms in total. The monoisotopic (exact) mass is 414 g/mol. The van der Waals surface area contributed by atoms with Gasteiger partial charge in [-0.15, -0.1) is 11.3 Å². The van der Waals surface area contributed by atoms with Gasteiger partial charge in [0.05, 0.1) is 16.4 Å². The molecule has 4 rings (SSSR count). The lowest BCUT2D eigenvalue weighted by molar-refractivity contribution is 0.0616. The zero-order valence-electron chi connectivity index (χ0n) is 17.3. The molecule has 0 spiro atoms. The maximum Gasteiger partial charge on any atom is 0.276 e. The lowest BCUT2D eigenvalue weighted by Crippen LogP contribution is -2.48. The van der Waals surface area contributed by atoms with Crippen molar-refractivity contribution in [3.63, 3.8) is 0 Å². The van der Waals surface area contributed by atoms with Crippen molar-refractivity contribution >= 4 is 17.2 Å². The van der Waals surface area contributed by atoms with Crippen molar-refractivity contribution in [2.45, 2.75) is 40.7 Å². The predicted octanol–water partition coefficient (Wildman–Crippen LogP) is 2.64. The highest BCUT2D eigenvalue weighted by Gasteiger charge is 2.28. The molecule has 0 aliphatic carbocycles. The van der Waals surface area contributed by atoms with E-state index in [-0.39, 0.29) is 5.91 Å². The number of rotatable bonds is 5. The number of nitrogens with zero attached hydrogens (tertiary/aromatic N) is 5. The average Bonchev–Trinajstić information content (AvgIpc) is 3.37. The fourth-order valence-electron chi connectivity index (χ4n) is 3.75. The first-order valence-electron chi connectivity index (χ1n) is 9.80. The molecule has 9 heteroatoms. The summed E-state index contributed by atoms with van der Waals surface area (Å²) in [4.78, 5) is 21.9. The van der Waals surface area contributed by atoms with Crippen LogP contribution in [0.25, 0.3) is 0 Å². The number of H-pyrrole nitrogens is 1. The Hall–Kier alpha value is -2.52. The van der Waals surface area contributed by atoms with Gasteiger partial charge in [-0.3, -0.25) is 14.8 Å². The number of carbonyl (C=O) groups is 1. The van der Waals surface area contributed by atoms with Gasteiger partial charge in [-0.2, -0.15) is 5.10 Å². The molecule has 0 aromatic carbocycles. The maximum absolute atomic E-state index is 13.2. The number of aromatic nitrogens is 4. The van der Waals surface area contributed by atoms with Crippen LogP contribution in [-0.2, 0) is 13.0 Å². The van der Waals surface area contributed by atoms with E-state index in [4.69, 9.17) is 4.52 Å². The van der Waals surface area contributed by atoms with Gasteiger partial charge in [0.1, 0.15) is 5.76 Å². The lowest BCUT2D eigenvalue weighted by Gasteiger charge is -2.34. The SMILES string of the molecule is Cc1nc(CN2CCN(C(=O)c3noc(C)c3Cc3c(C)n[nH]c3C)CC2)cs1. The largest absolute Gasteiger partial charge is 0.361 e. The summed E-state index contributed by atoms with van der Waals surface area (Å²) in [6.07, 6.45) is 0.591. The Kier molecular flexibility index (Phi) is 5.51. The van der Waals surface area contributed by atoms with E-state index < -0.39 is 0 Å². The van der Waals surface area contributed by atoms with Crippen LogP contribution < -0.4 is 0 Å². The number of aromatic amines is 1. The van der Waals surface area contributed by atoms with Crippen LogP contribution in [0.2, 0.25) is 0 Å². The number of thiazole rings is 1. The number of carbonyl (C=O) groups excluding carboxylic acids is 1. The molecule has 3 aromatic heterocycles. The molecule has 0 bridgehead atoms. The number of nitrogens with one attached hydrogen (secondary N) is 1. The Morgan fingerprint density at radius 1 is 1.17 bits per heavy atom. The molecular formula is C20H26N6O2S. The predicted molar refractivity (Wildman–Crippen MR) is 110 cm³/mol. The van der Waals surface area contributed by atoms with Gasteiger partial charge >= 0.3 is 0 Å². The minimum Gasteiger partial charge on any atom is -0.361 e. The van der Waals surface area contributed by atoms with Gasteiger partial charge in [0.15, 0.2) is 5.69 Å². The van der Waals surface area contributed by atoms with Gasteiger partial charge in [0.2, 0.25) is 0 Å². The summed E-state index contributed by atoms with van der Waals surface area (Å²) in [6.45, 7) is 11.7. The Morgan fingerprint density at radius 3 is 2.55 bits per heavy atom. The van der Waals surface area contributed by atoms with Crippen LogP contribution >= 0.6 is 11.3 Å². The van der Waals surface area contributed by atoms with Gasteiger partial charge in [-0.25, -0.2) is 4.98 Å². The molecule has 1 saturated heterocycles. The highest BCUT2D eigenvalue weighted by Crippen LogP contribution is 2.23. The zero-order chi connectivity index (χ0) is 20.5. The summed E-state index contributed by atoms with van der Waals surface area (Å²) in [5.74, 6) is 0.630. The normalized spacial score (nSPS) is 15.2. The molecule has 0 saturated carbocycles. The topological polar surface area (TPSA) is 91.2 Å². The van der Waals surface area contributed by atoms with Crippen molar-refractivity contribution in [2.24, 2.45) is 0 Å². The Morgan fingerprint density at radius 2 is 1.93 bits per heavy atom. The first kappa shape index (κ1) is 19.8. The average molecular weight is 415 g/mol. The van der Waals surface area contributed by atoms with E-state index in [1.807, 2.05) is 32.6 Å². The van der Waals surface area contributed by atoms with E-state index in [1.54, 1.807) is 11.3 Å². The van der Waals surface area contributed by atoms with Gasteiger partial charge in [-0.05, 0) is 27.7 Å². The molecule has 0 unspecified atom stereocenters. The van der Waals surface area contributed by atoms with Crippen molar-refractivity contribution in [3.05, 3.63) is 50.1 Å². The number of aryl methyl sites for hydroxylation is 4. The summed E-state index contributed by atoms with van der Waals surface area (Å²) in [6, 6.07) is 0. The van der Waals surface area contributed by atoms with E-state index in [0.29, 0.717) is 31.0 Å². The summed E-state index contributed by atoms with van der Waals surface area (Å²) in [5.41, 5.74) is 5.41. The fourth-order valence-corrected chi connectivity index (χ4v) is 4.35. The molecule has 154 valence electrons. The molecule has 0 atom stereocenters. The summed E-state index contributed by atoms with van der Waals surface area (Å²) >= 11 is 1.68. The molecule has 1 N–H and O–H groups in total. The highest BCUT2D eigenvalue weighted by atomic mass is 32.1. The van der Waals surface area contributed by atoms with Crippen molar-refractivity contribution in [2.75, 3.05) is 26.2 Å². The van der Waals surface area contributed by atoms with Gasteiger partial charge in [-0.1, -0.05) is 5.16 Å². The Balaban J connectivity index is 1.43. The molecule has 29 heavy (non-hydrogen) atoms. The molecule has 1 aliphatic rings. The van der Waals surface area contributed by atoms with Crippen molar-refractivity contribution in [1.29, 1.82) is 0 Å². The van der Waals surface area contributed by atoms with Crippen molar-refractivity contribution in [3.8, 4) is 0 Å². The van der Waals surface area contributed by atoms with E-state index in [0.717, 1.165) is 52.9 Å². The fraction of sp³-hybridized carbons (Fsp3) is 0.500. The Labute approximate surface area is 173 Å². The van der Waals surface area contributed by atoms with Gasteiger partial charge in [0.25, 0.3) is 5.91 Å². The second kappa shape index (κ2) is 8.08. The van der Waals surface area contributed by atoms with Crippen LogP contribution in [0.1, 0.15) is 49.5 Å². The second-order valence-corrected chi connectivity index (χ2v) is 8.64. The van der Waals surface area contributed by atoms with E-state index in [1.165, 1.54) is 0 Å². The molecule has 1 amide bonds. The number of piperazine rings is 1. The van der Waals surface area contributed by atoms with Crippen LogP contribution in [0, 0.1) is 27.7 Å². The van der Waals surface area contributed by atoms with Crippen molar-refractivity contribution < 1.29 is 9.32 Å². The van der Waals surface area contributed by atoms with Crippen LogP contribution in [-0.4, -0.2) is 62.2 Å². The van der Waals surface area contributed by atoms with E-state index in [9.17, 15) is 4.79 Å². The third-order valence-electron chi connectivity index (χ3n) is 5.53. The molecular weight excluding hydrogens is 388 g/mol. The summed E-state index contributed by atoms with van der Waals surface area (Å²) < 4.78 is 5.39. The molecule has 1 aliphatic heterocycles. The van der Waals surface area contributed by atoms with Crippen LogP contribution in [0.15, 0.2) is 9.90 Å². The second-order valence-electron chi connectivity index (χ2n) is 7.58. The number of hydrogen-bond donors (Lipinski definition) is 1. The Bertz CT molecular complexity index is 993. The third kappa shape index (κ3) is 4.11. The highest BCUT2D eigenvalue weighted by molar-refractivity contribution is 7.09. The van der Waals surface area contributed by atoms with E-state index >= 15 is 0 Å². The quantitative estimate of drug-likeness (QED) is 0.690. The number of hydrogen-bond acceptors (Lipinski definition) is 7. The molecule has 3 aromatic rings. The first-order chi connectivity index (χ1) is 13.9. The third-order valence-corrected chi connectivity index (χ3v) is 6.36. The molecule has 1 fully saturated rings. The summed E-state index contributed by atoms with van der Waals surface area (Å²) in [5, 5.41) is 14.6. The molecule has 0 radical (unpaired) electrons. The lowest BCUT2D eigenvalue weighted by atomic mass is 10.0. The minimum atomic E-state index is -0.0557. The maximum atomic E-state index is 13.2. The van der Waals surface area contributed by atoms with Crippen LogP contribution in [0.3, 0.4) is 0 Å². The number of amides is 1. The smallest absolute Gasteiger partial charge is 0.276 e. The first-order valence-corrected chi connectivity index (χ1v) is 10.7. The molecule has 4 heterocycles. The van der Waals surface area contributed by atoms with Crippen LogP contribution in [0.5, 0.6) is 0 Å². The van der Waals surface area contributed by atoms with E-state index in [2.05, 4.69) is 30.6 Å². The zero-order valence-corrected chi connectivity index (χ0v) is 18.1. The standard InChI is InChI=1S/C20H26N6O2S/c1-12-17(13(2)23-22-12)9-18-14(3)28-24-19(18)20(27)26-7-5-25(6-8-26)10-16-11-29-15(4)21-16/h11H,5-10H2,1-4H3,(H,22,23). The van der Waals surface area contributed by atoms with Crippen molar-refractivity contribution in [1.82, 2.24) is 30.1 Å². The van der Waals surface area contributed by atoms with Gasteiger partial charge in [0, 0.05) is 61.3 Å².